The molecule has 1 heterocycles. The van der Waals surface area contributed by atoms with Crippen molar-refractivity contribution in [3.63, 3.8) is 0 Å². The molecular weight excluding hydrogens is 351 g/mol. The Balaban J connectivity index is 1.50. The first-order valence-electron chi connectivity index (χ1n) is 8.18. The van der Waals surface area contributed by atoms with Crippen LogP contribution in [-0.2, 0) is 24.8 Å². The second-order valence-corrected chi connectivity index (χ2v) is 6.75. The lowest BCUT2D eigenvalue weighted by Crippen LogP contribution is -2.24. The van der Waals surface area contributed by atoms with Gasteiger partial charge >= 0.3 is 0 Å². The standard InChI is InChI=1S/C19H19FN4OS/c1-24-17(11-14-5-3-2-4-6-14)22-23-19(24)26-13-18(25)21-12-15-7-9-16(20)10-8-15/h2-10H,11-13H2,1H3,(H,21,25). The minimum atomic E-state index is -0.288. The fourth-order valence-electron chi connectivity index (χ4n) is 2.39. The first-order valence-corrected chi connectivity index (χ1v) is 9.16. The third-order valence-electron chi connectivity index (χ3n) is 3.87. The highest BCUT2D eigenvalue weighted by Crippen LogP contribution is 2.17. The van der Waals surface area contributed by atoms with Crippen LogP contribution in [0.25, 0.3) is 0 Å². The van der Waals surface area contributed by atoms with Gasteiger partial charge in [-0.1, -0.05) is 54.2 Å². The van der Waals surface area contributed by atoms with E-state index in [0.717, 1.165) is 17.0 Å². The zero-order chi connectivity index (χ0) is 18.4. The van der Waals surface area contributed by atoms with E-state index in [1.807, 2.05) is 41.9 Å². The van der Waals surface area contributed by atoms with Crippen molar-refractivity contribution >= 4 is 17.7 Å². The van der Waals surface area contributed by atoms with Crippen molar-refractivity contribution in [1.29, 1.82) is 0 Å². The molecule has 2 aromatic carbocycles. The van der Waals surface area contributed by atoms with E-state index < -0.39 is 0 Å². The predicted molar refractivity (Wildman–Crippen MR) is 99.2 cm³/mol. The summed E-state index contributed by atoms with van der Waals surface area (Å²) in [6.07, 6.45) is 0.696. The van der Waals surface area contributed by atoms with Gasteiger partial charge in [-0.05, 0) is 23.3 Å². The summed E-state index contributed by atoms with van der Waals surface area (Å²) in [6, 6.07) is 16.1. The molecule has 0 aliphatic carbocycles. The molecule has 5 nitrogen and oxygen atoms in total. The molecule has 3 rings (SSSR count). The topological polar surface area (TPSA) is 59.8 Å². The Morgan fingerprint density at radius 3 is 2.54 bits per heavy atom. The fourth-order valence-corrected chi connectivity index (χ4v) is 3.15. The van der Waals surface area contributed by atoms with Gasteiger partial charge in [-0.2, -0.15) is 0 Å². The molecular formula is C19H19FN4OS. The third kappa shape index (κ3) is 4.92. The fraction of sp³-hybridized carbons (Fsp3) is 0.211. The Bertz CT molecular complexity index is 865. The van der Waals surface area contributed by atoms with E-state index in [0.29, 0.717) is 18.1 Å². The highest BCUT2D eigenvalue weighted by atomic mass is 32.2. The lowest BCUT2D eigenvalue weighted by molar-refractivity contribution is -0.118. The summed E-state index contributed by atoms with van der Waals surface area (Å²) in [7, 11) is 1.90. The number of halogens is 1. The van der Waals surface area contributed by atoms with Gasteiger partial charge < -0.3 is 9.88 Å². The normalized spacial score (nSPS) is 10.7. The summed E-state index contributed by atoms with van der Waals surface area (Å²) >= 11 is 1.34. The van der Waals surface area contributed by atoms with E-state index in [9.17, 15) is 9.18 Å². The number of nitrogens with one attached hydrogen (secondary N) is 1. The zero-order valence-electron chi connectivity index (χ0n) is 14.4. The number of rotatable bonds is 7. The molecule has 1 amide bonds. The van der Waals surface area contributed by atoms with E-state index in [-0.39, 0.29) is 17.5 Å². The molecule has 3 aromatic rings. The van der Waals surface area contributed by atoms with E-state index >= 15 is 0 Å². The van der Waals surface area contributed by atoms with Crippen molar-refractivity contribution in [3.05, 3.63) is 77.4 Å². The molecule has 1 N–H and O–H groups in total. The number of nitrogens with zero attached hydrogens (tertiary/aromatic N) is 3. The van der Waals surface area contributed by atoms with Crippen molar-refractivity contribution in [3.8, 4) is 0 Å². The Morgan fingerprint density at radius 1 is 1.08 bits per heavy atom. The second-order valence-electron chi connectivity index (χ2n) is 5.81. The Morgan fingerprint density at radius 2 is 1.81 bits per heavy atom. The number of benzene rings is 2. The minimum Gasteiger partial charge on any atom is -0.351 e. The van der Waals surface area contributed by atoms with Crippen molar-refractivity contribution in [2.75, 3.05) is 5.75 Å². The van der Waals surface area contributed by atoms with Crippen LogP contribution in [-0.4, -0.2) is 26.4 Å². The zero-order valence-corrected chi connectivity index (χ0v) is 15.2. The molecule has 0 aliphatic rings. The molecule has 134 valence electrons. The number of carbonyl (C=O) groups is 1. The molecule has 0 radical (unpaired) electrons. The van der Waals surface area contributed by atoms with Crippen LogP contribution >= 0.6 is 11.8 Å². The Kier molecular flexibility index (Phi) is 6.01. The lowest BCUT2D eigenvalue weighted by Gasteiger charge is -2.06. The Labute approximate surface area is 155 Å². The summed E-state index contributed by atoms with van der Waals surface area (Å²) in [6.45, 7) is 0.373. The number of aromatic nitrogens is 3. The van der Waals surface area contributed by atoms with E-state index in [1.165, 1.54) is 23.9 Å². The van der Waals surface area contributed by atoms with Crippen LogP contribution in [0.4, 0.5) is 4.39 Å². The van der Waals surface area contributed by atoms with Crippen molar-refractivity contribution in [2.45, 2.75) is 18.1 Å². The third-order valence-corrected chi connectivity index (χ3v) is 4.89. The van der Waals surface area contributed by atoms with Gasteiger partial charge in [-0.25, -0.2) is 4.39 Å². The second kappa shape index (κ2) is 8.62. The minimum absolute atomic E-state index is 0.105. The van der Waals surface area contributed by atoms with Crippen LogP contribution in [0.2, 0.25) is 0 Å². The van der Waals surface area contributed by atoms with Gasteiger partial charge in [0.25, 0.3) is 0 Å². The highest BCUT2D eigenvalue weighted by Gasteiger charge is 2.12. The number of thioether (sulfide) groups is 1. The first kappa shape index (κ1) is 18.1. The van der Waals surface area contributed by atoms with Gasteiger partial charge in [0.1, 0.15) is 11.6 Å². The van der Waals surface area contributed by atoms with Gasteiger partial charge in [-0.3, -0.25) is 4.79 Å². The van der Waals surface area contributed by atoms with Gasteiger partial charge in [0.05, 0.1) is 5.75 Å². The quantitative estimate of drug-likeness (QED) is 0.650. The molecule has 0 saturated heterocycles. The predicted octanol–water partition coefficient (Wildman–Crippen LogP) is 2.95. The van der Waals surface area contributed by atoms with Crippen LogP contribution in [0.15, 0.2) is 59.8 Å². The van der Waals surface area contributed by atoms with Crippen LogP contribution in [0.3, 0.4) is 0 Å². The molecule has 0 bridgehead atoms. The maximum Gasteiger partial charge on any atom is 0.230 e. The van der Waals surface area contributed by atoms with E-state index in [1.54, 1.807) is 12.1 Å². The molecule has 0 aliphatic heterocycles. The summed E-state index contributed by atoms with van der Waals surface area (Å²) in [4.78, 5) is 12.0. The van der Waals surface area contributed by atoms with Crippen molar-refractivity contribution < 1.29 is 9.18 Å². The van der Waals surface area contributed by atoms with Crippen molar-refractivity contribution in [2.24, 2.45) is 7.05 Å². The molecule has 0 saturated carbocycles. The van der Waals surface area contributed by atoms with Crippen LogP contribution in [0.1, 0.15) is 17.0 Å². The maximum absolute atomic E-state index is 12.9. The van der Waals surface area contributed by atoms with Crippen molar-refractivity contribution in [1.82, 2.24) is 20.1 Å². The van der Waals surface area contributed by atoms with Crippen LogP contribution in [0, 0.1) is 5.82 Å². The van der Waals surface area contributed by atoms with Crippen LogP contribution < -0.4 is 5.32 Å². The molecule has 0 spiro atoms. The van der Waals surface area contributed by atoms with E-state index in [2.05, 4.69) is 15.5 Å². The van der Waals surface area contributed by atoms with Gasteiger partial charge in [0.15, 0.2) is 5.16 Å². The van der Waals surface area contributed by atoms with E-state index in [4.69, 9.17) is 0 Å². The number of amides is 1. The molecule has 0 fully saturated rings. The lowest BCUT2D eigenvalue weighted by atomic mass is 10.1. The monoisotopic (exact) mass is 370 g/mol. The molecule has 0 atom stereocenters. The molecule has 7 heteroatoms. The Hall–Kier alpha value is -2.67. The smallest absolute Gasteiger partial charge is 0.230 e. The maximum atomic E-state index is 12.9. The van der Waals surface area contributed by atoms with Gasteiger partial charge in [-0.15, -0.1) is 10.2 Å². The van der Waals surface area contributed by atoms with Gasteiger partial charge in [0, 0.05) is 20.0 Å². The average molecular weight is 370 g/mol. The summed E-state index contributed by atoms with van der Waals surface area (Å²) in [5.74, 6) is 0.708. The molecule has 0 unspecified atom stereocenters. The number of carbonyl (C=O) groups excluding carboxylic acids is 1. The number of hydrogen-bond donors (Lipinski definition) is 1. The first-order chi connectivity index (χ1) is 12.6. The molecule has 1 aromatic heterocycles. The van der Waals surface area contributed by atoms with Crippen LogP contribution in [0.5, 0.6) is 0 Å². The largest absolute Gasteiger partial charge is 0.351 e. The SMILES string of the molecule is Cn1c(Cc2ccccc2)nnc1SCC(=O)NCc1ccc(F)cc1. The number of hydrogen-bond acceptors (Lipinski definition) is 4. The summed E-state index contributed by atoms with van der Waals surface area (Å²) in [5, 5.41) is 11.9. The summed E-state index contributed by atoms with van der Waals surface area (Å²) < 4.78 is 14.8. The average Bonchev–Trinajstić information content (AvgIpc) is 3.00. The highest BCUT2D eigenvalue weighted by molar-refractivity contribution is 7.99. The molecule has 26 heavy (non-hydrogen) atoms. The van der Waals surface area contributed by atoms with Gasteiger partial charge in [0.2, 0.25) is 5.91 Å². The summed E-state index contributed by atoms with van der Waals surface area (Å²) in [5.41, 5.74) is 2.02.